The number of Topliss-reactive ketones (excluding diaryl/α,β-unsaturated/α-hetero) is 1. The van der Waals surface area contributed by atoms with E-state index in [4.69, 9.17) is 0 Å². The summed E-state index contributed by atoms with van der Waals surface area (Å²) in [5, 5.41) is 0. The Morgan fingerprint density at radius 2 is 1.71 bits per heavy atom. The summed E-state index contributed by atoms with van der Waals surface area (Å²) in [6.45, 7) is 10.9. The molecule has 0 unspecified atom stereocenters. The first-order valence-corrected chi connectivity index (χ1v) is 5.66. The molecule has 0 aliphatic carbocycles. The van der Waals surface area contributed by atoms with Crippen molar-refractivity contribution in [1.82, 2.24) is 9.80 Å². The lowest BCUT2D eigenvalue weighted by Gasteiger charge is -2.33. The van der Waals surface area contributed by atoms with Gasteiger partial charge < -0.3 is 14.6 Å². The maximum Gasteiger partial charge on any atom is 0.129 e. The van der Waals surface area contributed by atoms with Gasteiger partial charge in [-0.2, -0.15) is 0 Å². The van der Waals surface area contributed by atoms with Gasteiger partial charge in [0.2, 0.25) is 0 Å². The van der Waals surface area contributed by atoms with Crippen molar-refractivity contribution in [3.8, 4) is 0 Å². The van der Waals surface area contributed by atoms with Crippen LogP contribution in [-0.4, -0.2) is 54.9 Å². The van der Waals surface area contributed by atoms with Crippen LogP contribution in [0.5, 0.6) is 0 Å². The van der Waals surface area contributed by atoms with Crippen molar-refractivity contribution in [1.29, 1.82) is 0 Å². The van der Waals surface area contributed by atoms with Crippen molar-refractivity contribution in [3.05, 3.63) is 0 Å². The predicted molar refractivity (Wildman–Crippen MR) is 58.5 cm³/mol. The Balaban J connectivity index is 2.07. The lowest BCUT2D eigenvalue weighted by Crippen LogP contribution is -2.46. The highest BCUT2D eigenvalue weighted by Gasteiger charge is 2.14. The smallest absolute Gasteiger partial charge is 0.129 e. The second-order valence-electron chi connectivity index (χ2n) is 4.08. The number of nitrogens with zero attached hydrogens (tertiary/aromatic N) is 2. The van der Waals surface area contributed by atoms with Crippen molar-refractivity contribution < 1.29 is 4.79 Å². The molecular formula is C11H22N2O. The van der Waals surface area contributed by atoms with E-state index in [0.717, 1.165) is 19.4 Å². The van der Waals surface area contributed by atoms with Gasteiger partial charge in [0.25, 0.3) is 0 Å². The van der Waals surface area contributed by atoms with E-state index in [-0.39, 0.29) is 0 Å². The number of hydrogen-bond acceptors (Lipinski definition) is 3. The van der Waals surface area contributed by atoms with Crippen molar-refractivity contribution in [2.75, 3.05) is 39.3 Å². The van der Waals surface area contributed by atoms with E-state index in [1.807, 2.05) is 0 Å². The van der Waals surface area contributed by atoms with Gasteiger partial charge in [-0.3, -0.25) is 0 Å². The van der Waals surface area contributed by atoms with E-state index in [1.165, 1.54) is 32.7 Å². The third kappa shape index (κ3) is 4.20. The maximum atomic E-state index is 10.8. The van der Waals surface area contributed by atoms with Crippen molar-refractivity contribution >= 4 is 5.78 Å². The molecule has 0 aromatic carbocycles. The first-order chi connectivity index (χ1) is 6.72. The monoisotopic (exact) mass is 198 g/mol. The van der Waals surface area contributed by atoms with Gasteiger partial charge in [-0.05, 0) is 26.4 Å². The summed E-state index contributed by atoms with van der Waals surface area (Å²) < 4.78 is 0. The maximum absolute atomic E-state index is 10.8. The summed E-state index contributed by atoms with van der Waals surface area (Å²) in [5.74, 6) is 0.317. The number of carbonyl (C=O) groups is 1. The second-order valence-corrected chi connectivity index (χ2v) is 4.08. The molecule has 0 atom stereocenters. The van der Waals surface area contributed by atoms with Crippen LogP contribution >= 0.6 is 0 Å². The fraction of sp³-hybridized carbons (Fsp3) is 0.909. The Bertz CT molecular complexity index is 174. The molecule has 3 nitrogen and oxygen atoms in total. The van der Waals surface area contributed by atoms with E-state index in [0.29, 0.717) is 5.78 Å². The summed E-state index contributed by atoms with van der Waals surface area (Å²) >= 11 is 0. The van der Waals surface area contributed by atoms with Crippen LogP contribution in [0.1, 0.15) is 26.7 Å². The molecule has 1 saturated heterocycles. The van der Waals surface area contributed by atoms with E-state index in [2.05, 4.69) is 16.7 Å². The third-order valence-electron chi connectivity index (χ3n) is 2.92. The van der Waals surface area contributed by atoms with Crippen LogP contribution < -0.4 is 0 Å². The third-order valence-corrected chi connectivity index (χ3v) is 2.92. The molecule has 0 N–H and O–H groups in total. The standard InChI is InChI=1S/C11H22N2O/c1-3-12-7-9-13(10-8-12)6-4-5-11(2)14/h3-10H2,1-2H3. The van der Waals surface area contributed by atoms with Crippen LogP contribution in [0.2, 0.25) is 0 Å². The highest BCUT2D eigenvalue weighted by molar-refractivity contribution is 5.75. The normalized spacial score (nSPS) is 19.9. The summed E-state index contributed by atoms with van der Waals surface area (Å²) in [6.07, 6.45) is 1.77. The number of ketones is 1. The van der Waals surface area contributed by atoms with Gasteiger partial charge in [-0.1, -0.05) is 6.92 Å². The lowest BCUT2D eigenvalue weighted by atomic mass is 10.2. The molecular weight excluding hydrogens is 176 g/mol. The van der Waals surface area contributed by atoms with E-state index < -0.39 is 0 Å². The molecule has 3 heteroatoms. The summed E-state index contributed by atoms with van der Waals surface area (Å²) in [5.41, 5.74) is 0. The van der Waals surface area contributed by atoms with E-state index in [1.54, 1.807) is 6.92 Å². The molecule has 1 aliphatic rings. The number of likely N-dealkylation sites (N-methyl/N-ethyl adjacent to an activating group) is 1. The molecule has 0 radical (unpaired) electrons. The van der Waals surface area contributed by atoms with Gasteiger partial charge in [0.05, 0.1) is 0 Å². The van der Waals surface area contributed by atoms with Gasteiger partial charge >= 0.3 is 0 Å². The number of rotatable bonds is 5. The first kappa shape index (κ1) is 11.7. The van der Waals surface area contributed by atoms with E-state index in [9.17, 15) is 4.79 Å². The summed E-state index contributed by atoms with van der Waals surface area (Å²) in [4.78, 5) is 15.7. The molecule has 0 saturated carbocycles. The van der Waals surface area contributed by atoms with Crippen LogP contribution in [-0.2, 0) is 4.79 Å². The van der Waals surface area contributed by atoms with Crippen LogP contribution in [0.15, 0.2) is 0 Å². The second kappa shape index (κ2) is 6.14. The SMILES string of the molecule is CCN1CCN(CCCC(C)=O)CC1. The topological polar surface area (TPSA) is 23.6 Å². The minimum Gasteiger partial charge on any atom is -0.301 e. The Morgan fingerprint density at radius 3 is 2.21 bits per heavy atom. The number of hydrogen-bond donors (Lipinski definition) is 0. The van der Waals surface area contributed by atoms with Crippen molar-refractivity contribution in [2.45, 2.75) is 26.7 Å². The van der Waals surface area contributed by atoms with Gasteiger partial charge in [-0.15, -0.1) is 0 Å². The average molecular weight is 198 g/mol. The average Bonchev–Trinajstić information content (AvgIpc) is 2.18. The highest BCUT2D eigenvalue weighted by atomic mass is 16.1. The molecule has 0 aromatic heterocycles. The molecule has 0 amide bonds. The zero-order valence-electron chi connectivity index (χ0n) is 9.46. The Hall–Kier alpha value is -0.410. The van der Waals surface area contributed by atoms with Gasteiger partial charge in [0, 0.05) is 32.6 Å². The van der Waals surface area contributed by atoms with Crippen LogP contribution in [0.4, 0.5) is 0 Å². The molecule has 1 aliphatic heterocycles. The molecule has 1 rings (SSSR count). The predicted octanol–water partition coefficient (Wildman–Crippen LogP) is 0.993. The zero-order chi connectivity index (χ0) is 10.4. The number of carbonyl (C=O) groups excluding carboxylic acids is 1. The largest absolute Gasteiger partial charge is 0.301 e. The number of piperazine rings is 1. The van der Waals surface area contributed by atoms with Gasteiger partial charge in [0.1, 0.15) is 5.78 Å². The quantitative estimate of drug-likeness (QED) is 0.658. The first-order valence-electron chi connectivity index (χ1n) is 5.66. The van der Waals surface area contributed by atoms with Crippen LogP contribution in [0, 0.1) is 0 Å². The molecule has 1 fully saturated rings. The zero-order valence-corrected chi connectivity index (χ0v) is 9.46. The summed E-state index contributed by atoms with van der Waals surface area (Å²) in [7, 11) is 0. The molecule has 14 heavy (non-hydrogen) atoms. The molecule has 0 aromatic rings. The Kier molecular flexibility index (Phi) is 5.12. The minimum atomic E-state index is 0.317. The fourth-order valence-corrected chi connectivity index (χ4v) is 1.88. The molecule has 0 spiro atoms. The van der Waals surface area contributed by atoms with E-state index >= 15 is 0 Å². The van der Waals surface area contributed by atoms with Gasteiger partial charge in [0.15, 0.2) is 0 Å². The molecule has 1 heterocycles. The highest BCUT2D eigenvalue weighted by Crippen LogP contribution is 2.03. The van der Waals surface area contributed by atoms with Gasteiger partial charge in [-0.25, -0.2) is 0 Å². The van der Waals surface area contributed by atoms with Crippen LogP contribution in [0.3, 0.4) is 0 Å². The molecule has 0 bridgehead atoms. The fourth-order valence-electron chi connectivity index (χ4n) is 1.88. The minimum absolute atomic E-state index is 0.317. The Morgan fingerprint density at radius 1 is 1.14 bits per heavy atom. The lowest BCUT2D eigenvalue weighted by molar-refractivity contribution is -0.117. The van der Waals surface area contributed by atoms with Crippen molar-refractivity contribution in [3.63, 3.8) is 0 Å². The summed E-state index contributed by atoms with van der Waals surface area (Å²) in [6, 6.07) is 0. The Labute approximate surface area is 87.1 Å². The van der Waals surface area contributed by atoms with Crippen molar-refractivity contribution in [2.24, 2.45) is 0 Å². The van der Waals surface area contributed by atoms with Crippen LogP contribution in [0.25, 0.3) is 0 Å². The molecule has 82 valence electrons.